The first-order valence-corrected chi connectivity index (χ1v) is 7.17. The predicted octanol–water partition coefficient (Wildman–Crippen LogP) is 5.14. The van der Waals surface area contributed by atoms with Gasteiger partial charge in [-0.25, -0.2) is 4.39 Å². The van der Waals surface area contributed by atoms with E-state index in [9.17, 15) is 4.39 Å². The van der Waals surface area contributed by atoms with Gasteiger partial charge in [-0.05, 0) is 51.7 Å². The molecule has 0 radical (unpaired) electrons. The third kappa shape index (κ3) is 3.48. The van der Waals surface area contributed by atoms with Gasteiger partial charge in [0.15, 0.2) is 0 Å². The average molecular weight is 363 g/mol. The Bertz CT molecular complexity index is 604. The molecule has 1 unspecified atom stereocenters. The fraction of sp³-hybridized carbons (Fsp3) is 0.143. The molecule has 1 nitrogen and oxygen atoms in total. The van der Waals surface area contributed by atoms with Crippen LogP contribution in [0.3, 0.4) is 0 Å². The van der Waals surface area contributed by atoms with Crippen LogP contribution in [0, 0.1) is 5.82 Å². The van der Waals surface area contributed by atoms with E-state index in [1.807, 2.05) is 18.2 Å². The van der Waals surface area contributed by atoms with Crippen molar-refractivity contribution in [1.29, 1.82) is 0 Å². The number of nitrogens with two attached hydrogens (primary N) is 1. The molecule has 19 heavy (non-hydrogen) atoms. The maximum atomic E-state index is 13.1. The number of hydrogen-bond donors (Lipinski definition) is 1. The molecular weight excluding hydrogens is 352 g/mol. The lowest BCUT2D eigenvalue weighted by Crippen LogP contribution is -2.14. The van der Waals surface area contributed by atoms with Crippen LogP contribution >= 0.6 is 39.1 Å². The van der Waals surface area contributed by atoms with E-state index in [1.165, 1.54) is 6.07 Å². The highest BCUT2D eigenvalue weighted by Gasteiger charge is 2.13. The van der Waals surface area contributed by atoms with Gasteiger partial charge in [0.1, 0.15) is 5.82 Å². The lowest BCUT2D eigenvalue weighted by atomic mass is 10.00. The summed E-state index contributed by atoms with van der Waals surface area (Å²) in [6.45, 7) is 0. The van der Waals surface area contributed by atoms with Crippen LogP contribution in [-0.2, 0) is 6.42 Å². The molecule has 0 aliphatic heterocycles. The summed E-state index contributed by atoms with van der Waals surface area (Å²) in [4.78, 5) is 0. The highest BCUT2D eigenvalue weighted by molar-refractivity contribution is 9.10. The van der Waals surface area contributed by atoms with E-state index in [-0.39, 0.29) is 11.1 Å². The van der Waals surface area contributed by atoms with E-state index in [4.69, 9.17) is 28.9 Å². The first-order valence-electron chi connectivity index (χ1n) is 5.62. The van der Waals surface area contributed by atoms with Crippen molar-refractivity contribution in [3.05, 3.63) is 67.9 Å². The van der Waals surface area contributed by atoms with Crippen LogP contribution < -0.4 is 5.73 Å². The molecule has 2 N–H and O–H groups in total. The highest BCUT2D eigenvalue weighted by atomic mass is 79.9. The van der Waals surface area contributed by atoms with E-state index in [0.29, 0.717) is 11.4 Å². The molecule has 0 saturated heterocycles. The monoisotopic (exact) mass is 361 g/mol. The maximum Gasteiger partial charge on any atom is 0.141 e. The van der Waals surface area contributed by atoms with Gasteiger partial charge in [-0.1, -0.05) is 41.4 Å². The molecule has 2 aromatic rings. The summed E-state index contributed by atoms with van der Waals surface area (Å²) in [5.41, 5.74) is 7.86. The molecule has 1 atom stereocenters. The second-order valence-corrected chi connectivity index (χ2v) is 5.84. The normalized spacial score (nSPS) is 12.5. The minimum Gasteiger partial charge on any atom is -0.324 e. The highest BCUT2D eigenvalue weighted by Crippen LogP contribution is 2.31. The number of halogens is 4. The van der Waals surface area contributed by atoms with Gasteiger partial charge in [0.25, 0.3) is 0 Å². The molecule has 0 aromatic heterocycles. The summed E-state index contributed by atoms with van der Waals surface area (Å²) in [5.74, 6) is -0.431. The van der Waals surface area contributed by atoms with Crippen molar-refractivity contribution in [1.82, 2.24) is 0 Å². The Kier molecular flexibility index (Phi) is 4.85. The standard InChI is InChI=1S/C14H11BrCl2FN/c15-10-3-1-2-9(14(10)17)13(19)7-8-4-5-12(18)11(16)6-8/h1-6,13H,7,19H2. The summed E-state index contributed by atoms with van der Waals surface area (Å²) in [6, 6.07) is 9.94. The van der Waals surface area contributed by atoms with Crippen molar-refractivity contribution < 1.29 is 4.39 Å². The van der Waals surface area contributed by atoms with E-state index < -0.39 is 5.82 Å². The van der Waals surface area contributed by atoms with Crippen LogP contribution in [0.2, 0.25) is 10.0 Å². The molecule has 0 bridgehead atoms. The molecule has 2 rings (SSSR count). The Labute approximate surface area is 129 Å². The zero-order valence-corrected chi connectivity index (χ0v) is 12.9. The Morgan fingerprint density at radius 3 is 2.63 bits per heavy atom. The number of rotatable bonds is 3. The number of benzene rings is 2. The van der Waals surface area contributed by atoms with Crippen molar-refractivity contribution >= 4 is 39.1 Å². The third-order valence-electron chi connectivity index (χ3n) is 2.82. The predicted molar refractivity (Wildman–Crippen MR) is 81.2 cm³/mol. The average Bonchev–Trinajstić information content (AvgIpc) is 2.37. The maximum absolute atomic E-state index is 13.1. The van der Waals surface area contributed by atoms with Crippen molar-refractivity contribution in [2.24, 2.45) is 5.73 Å². The minimum absolute atomic E-state index is 0.102. The van der Waals surface area contributed by atoms with Gasteiger partial charge in [-0.3, -0.25) is 0 Å². The quantitative estimate of drug-likeness (QED) is 0.803. The van der Waals surface area contributed by atoms with Crippen molar-refractivity contribution in [3.63, 3.8) is 0 Å². The van der Waals surface area contributed by atoms with Gasteiger partial charge in [-0.2, -0.15) is 0 Å². The molecule has 0 fully saturated rings. The zero-order chi connectivity index (χ0) is 14.0. The molecule has 100 valence electrons. The first-order chi connectivity index (χ1) is 8.99. The van der Waals surface area contributed by atoms with E-state index in [2.05, 4.69) is 15.9 Å². The summed E-state index contributed by atoms with van der Waals surface area (Å²) < 4.78 is 13.9. The lowest BCUT2D eigenvalue weighted by Gasteiger charge is -2.15. The third-order valence-corrected chi connectivity index (χ3v) is 4.42. The van der Waals surface area contributed by atoms with Gasteiger partial charge < -0.3 is 5.73 Å². The SMILES string of the molecule is NC(Cc1ccc(F)c(Cl)c1)c1cccc(Br)c1Cl. The Morgan fingerprint density at radius 2 is 1.95 bits per heavy atom. The molecule has 0 saturated carbocycles. The Hall–Kier alpha value is -0.610. The molecule has 0 aliphatic rings. The summed E-state index contributed by atoms with van der Waals surface area (Å²) in [5, 5.41) is 0.702. The Morgan fingerprint density at radius 1 is 1.21 bits per heavy atom. The number of hydrogen-bond acceptors (Lipinski definition) is 1. The van der Waals surface area contributed by atoms with E-state index >= 15 is 0 Å². The van der Waals surface area contributed by atoms with Gasteiger partial charge in [0.05, 0.1) is 10.0 Å². The summed E-state index contributed by atoms with van der Waals surface area (Å²) >= 11 is 15.3. The largest absolute Gasteiger partial charge is 0.324 e. The molecule has 0 spiro atoms. The topological polar surface area (TPSA) is 26.0 Å². The Balaban J connectivity index is 2.23. The molecule has 0 amide bonds. The van der Waals surface area contributed by atoms with Gasteiger partial charge >= 0.3 is 0 Å². The van der Waals surface area contributed by atoms with Gasteiger partial charge in [-0.15, -0.1) is 0 Å². The van der Waals surface area contributed by atoms with Crippen LogP contribution in [0.4, 0.5) is 4.39 Å². The minimum atomic E-state index is -0.431. The van der Waals surface area contributed by atoms with Gasteiger partial charge in [0, 0.05) is 10.5 Å². The summed E-state index contributed by atoms with van der Waals surface area (Å²) in [6.07, 6.45) is 0.538. The van der Waals surface area contributed by atoms with Crippen LogP contribution in [-0.4, -0.2) is 0 Å². The molecule has 0 heterocycles. The first kappa shape index (κ1) is 14.8. The molecule has 0 aliphatic carbocycles. The van der Waals surface area contributed by atoms with E-state index in [0.717, 1.165) is 15.6 Å². The fourth-order valence-corrected chi connectivity index (χ4v) is 2.69. The summed E-state index contributed by atoms with van der Waals surface area (Å²) in [7, 11) is 0. The fourth-order valence-electron chi connectivity index (χ4n) is 1.84. The van der Waals surface area contributed by atoms with Crippen LogP contribution in [0.1, 0.15) is 17.2 Å². The molecular formula is C14H11BrCl2FN. The lowest BCUT2D eigenvalue weighted by molar-refractivity contribution is 0.626. The van der Waals surface area contributed by atoms with Crippen LogP contribution in [0.15, 0.2) is 40.9 Å². The van der Waals surface area contributed by atoms with E-state index in [1.54, 1.807) is 12.1 Å². The second-order valence-electron chi connectivity index (χ2n) is 4.20. The molecule has 5 heteroatoms. The molecule has 2 aromatic carbocycles. The van der Waals surface area contributed by atoms with Crippen molar-refractivity contribution in [2.45, 2.75) is 12.5 Å². The van der Waals surface area contributed by atoms with Gasteiger partial charge in [0.2, 0.25) is 0 Å². The van der Waals surface area contributed by atoms with Crippen molar-refractivity contribution in [3.8, 4) is 0 Å². The van der Waals surface area contributed by atoms with Crippen LogP contribution in [0.5, 0.6) is 0 Å². The van der Waals surface area contributed by atoms with Crippen LogP contribution in [0.25, 0.3) is 0 Å². The second kappa shape index (κ2) is 6.23. The zero-order valence-electron chi connectivity index (χ0n) is 9.84. The smallest absolute Gasteiger partial charge is 0.141 e. The van der Waals surface area contributed by atoms with Crippen molar-refractivity contribution in [2.75, 3.05) is 0 Å².